The third-order valence-electron chi connectivity index (χ3n) is 2.84. The molecule has 0 radical (unpaired) electrons. The summed E-state index contributed by atoms with van der Waals surface area (Å²) in [5.41, 5.74) is 6.08. The van der Waals surface area contributed by atoms with Gasteiger partial charge in [-0.25, -0.2) is 0 Å². The van der Waals surface area contributed by atoms with E-state index >= 15 is 0 Å². The molecule has 1 rings (SSSR count). The van der Waals surface area contributed by atoms with E-state index in [1.54, 1.807) is 19.9 Å². The second-order valence-corrected chi connectivity index (χ2v) is 5.45. The largest absolute Gasteiger partial charge is 0.506 e. The van der Waals surface area contributed by atoms with Crippen LogP contribution in [0.25, 0.3) is 0 Å². The number of nitrogens with zero attached hydrogens (tertiary/aromatic N) is 1. The molecule has 0 saturated carbocycles. The molecule has 0 aliphatic rings. The normalized spacial score (nSPS) is 12.4. The molecule has 0 aromatic heterocycles. The van der Waals surface area contributed by atoms with Crippen LogP contribution in [0.15, 0.2) is 16.6 Å². The van der Waals surface area contributed by atoms with Gasteiger partial charge in [-0.3, -0.25) is 0 Å². The number of nitrogens with two attached hydrogens (primary N) is 1. The molecule has 1 aromatic carbocycles. The van der Waals surface area contributed by atoms with Gasteiger partial charge < -0.3 is 15.9 Å². The Morgan fingerprint density at radius 3 is 2.50 bits per heavy atom. The van der Waals surface area contributed by atoms with Gasteiger partial charge in [0.25, 0.3) is 0 Å². The summed E-state index contributed by atoms with van der Waals surface area (Å²) in [6, 6.07) is 4.51. The van der Waals surface area contributed by atoms with Crippen LogP contribution in [0, 0.1) is 16.7 Å². The summed E-state index contributed by atoms with van der Waals surface area (Å²) in [6.45, 7) is 3.47. The molecule has 6 heteroatoms. The van der Waals surface area contributed by atoms with Crippen LogP contribution in [0.4, 0.5) is 0 Å². The maximum absolute atomic E-state index is 9.98. The topological polar surface area (TPSA) is 90.3 Å². The lowest BCUT2D eigenvalue weighted by atomic mass is 9.81. The van der Waals surface area contributed by atoms with E-state index in [9.17, 15) is 10.2 Å². The van der Waals surface area contributed by atoms with E-state index in [2.05, 4.69) is 15.9 Å². The van der Waals surface area contributed by atoms with Gasteiger partial charge in [0.1, 0.15) is 11.8 Å². The van der Waals surface area contributed by atoms with Crippen molar-refractivity contribution in [2.45, 2.75) is 19.9 Å². The summed E-state index contributed by atoms with van der Waals surface area (Å²) in [5.74, 6) is -0.129. The van der Waals surface area contributed by atoms with E-state index in [0.717, 1.165) is 0 Å². The number of rotatable bonds is 3. The zero-order valence-electron chi connectivity index (χ0n) is 10.1. The maximum Gasteiger partial charge on any atom is 0.139 e. The maximum atomic E-state index is 9.98. The van der Waals surface area contributed by atoms with Crippen molar-refractivity contribution in [2.24, 2.45) is 11.1 Å². The third-order valence-corrected chi connectivity index (χ3v) is 3.54. The van der Waals surface area contributed by atoms with E-state index in [1.807, 2.05) is 6.07 Å². The Balaban J connectivity index is 0.00000289. The first-order valence-electron chi connectivity index (χ1n) is 5.13. The SMILES string of the molecule is CC(C)(CO)[C@@H](N)c1c(Br)ccc(C#N)c1O.Cl. The van der Waals surface area contributed by atoms with Crippen LogP contribution in [0.2, 0.25) is 0 Å². The smallest absolute Gasteiger partial charge is 0.139 e. The van der Waals surface area contributed by atoms with Crippen LogP contribution in [0.3, 0.4) is 0 Å². The van der Waals surface area contributed by atoms with E-state index in [-0.39, 0.29) is 30.3 Å². The first-order chi connectivity index (χ1) is 7.85. The van der Waals surface area contributed by atoms with Gasteiger partial charge >= 0.3 is 0 Å². The molecule has 4 nitrogen and oxygen atoms in total. The average Bonchev–Trinajstić information content (AvgIpc) is 2.29. The molecule has 1 aromatic rings. The fraction of sp³-hybridized carbons (Fsp3) is 0.417. The number of nitriles is 1. The molecule has 18 heavy (non-hydrogen) atoms. The van der Waals surface area contributed by atoms with Crippen LogP contribution < -0.4 is 5.73 Å². The van der Waals surface area contributed by atoms with Crippen molar-refractivity contribution in [1.29, 1.82) is 5.26 Å². The minimum Gasteiger partial charge on any atom is -0.506 e. The Kier molecular flexibility index (Phi) is 6.11. The summed E-state index contributed by atoms with van der Waals surface area (Å²) in [5, 5.41) is 28.1. The van der Waals surface area contributed by atoms with Crippen molar-refractivity contribution >= 4 is 28.3 Å². The molecular formula is C12H16BrClN2O2. The Hall–Kier alpha value is -0.800. The van der Waals surface area contributed by atoms with Gasteiger partial charge in [0.05, 0.1) is 5.56 Å². The lowest BCUT2D eigenvalue weighted by molar-refractivity contribution is 0.131. The molecule has 0 unspecified atom stereocenters. The number of benzene rings is 1. The molecule has 0 aliphatic carbocycles. The van der Waals surface area contributed by atoms with Gasteiger partial charge in [-0.2, -0.15) is 5.26 Å². The molecule has 100 valence electrons. The predicted octanol–water partition coefficient (Wildman–Crippen LogP) is 2.47. The fourth-order valence-corrected chi connectivity index (χ4v) is 2.03. The molecule has 0 saturated heterocycles. The highest BCUT2D eigenvalue weighted by molar-refractivity contribution is 9.10. The zero-order valence-corrected chi connectivity index (χ0v) is 12.5. The summed E-state index contributed by atoms with van der Waals surface area (Å²) >= 11 is 3.30. The highest BCUT2D eigenvalue weighted by Crippen LogP contribution is 2.40. The number of halogens is 2. The predicted molar refractivity (Wildman–Crippen MR) is 75.6 cm³/mol. The summed E-state index contributed by atoms with van der Waals surface area (Å²) in [7, 11) is 0. The summed E-state index contributed by atoms with van der Waals surface area (Å²) < 4.78 is 0.628. The molecule has 0 bridgehead atoms. The molecule has 1 atom stereocenters. The summed E-state index contributed by atoms with van der Waals surface area (Å²) in [4.78, 5) is 0. The van der Waals surface area contributed by atoms with Crippen LogP contribution in [0.1, 0.15) is 31.0 Å². The second-order valence-electron chi connectivity index (χ2n) is 4.59. The third kappa shape index (κ3) is 3.15. The van der Waals surface area contributed by atoms with Gasteiger partial charge in [-0.15, -0.1) is 12.4 Å². The molecule has 0 amide bonds. The lowest BCUT2D eigenvalue weighted by Gasteiger charge is -2.31. The van der Waals surface area contributed by atoms with E-state index in [1.165, 1.54) is 6.07 Å². The quantitative estimate of drug-likeness (QED) is 0.791. The number of phenols is 1. The fourth-order valence-electron chi connectivity index (χ4n) is 1.46. The van der Waals surface area contributed by atoms with E-state index in [0.29, 0.717) is 10.0 Å². The van der Waals surface area contributed by atoms with Crippen molar-refractivity contribution in [2.75, 3.05) is 6.61 Å². The minimum absolute atomic E-state index is 0. The minimum atomic E-state index is -0.589. The number of hydrogen-bond donors (Lipinski definition) is 3. The van der Waals surface area contributed by atoms with Gasteiger partial charge in [-0.1, -0.05) is 29.8 Å². The van der Waals surface area contributed by atoms with Crippen molar-refractivity contribution in [3.05, 3.63) is 27.7 Å². The van der Waals surface area contributed by atoms with Crippen LogP contribution >= 0.6 is 28.3 Å². The van der Waals surface area contributed by atoms with E-state index in [4.69, 9.17) is 11.0 Å². The highest BCUT2D eigenvalue weighted by Gasteiger charge is 2.31. The molecule has 0 fully saturated rings. The standard InChI is InChI=1S/C12H15BrN2O2.ClH/c1-12(2,6-16)11(15)9-8(13)4-3-7(5-14)10(9)17;/h3-4,11,16-17H,6,15H2,1-2H3;1H/t11-;/m0./s1. The summed E-state index contributed by atoms with van der Waals surface area (Å²) in [6.07, 6.45) is 0. The Morgan fingerprint density at radius 1 is 1.50 bits per heavy atom. The van der Waals surface area contributed by atoms with E-state index < -0.39 is 11.5 Å². The van der Waals surface area contributed by atoms with Crippen molar-refractivity contribution < 1.29 is 10.2 Å². The number of phenolic OH excluding ortho intramolecular Hbond substituents is 1. The van der Waals surface area contributed by atoms with Crippen LogP contribution in [0.5, 0.6) is 5.75 Å². The Bertz CT molecular complexity index is 472. The molecule has 0 aliphatic heterocycles. The van der Waals surface area contributed by atoms with Gasteiger partial charge in [0.2, 0.25) is 0 Å². The van der Waals surface area contributed by atoms with Crippen molar-refractivity contribution in [3.8, 4) is 11.8 Å². The number of aliphatic hydroxyl groups excluding tert-OH is 1. The molecular weight excluding hydrogens is 320 g/mol. The average molecular weight is 336 g/mol. The first-order valence-corrected chi connectivity index (χ1v) is 5.92. The highest BCUT2D eigenvalue weighted by atomic mass is 79.9. The van der Waals surface area contributed by atoms with Gasteiger partial charge in [0.15, 0.2) is 0 Å². The zero-order chi connectivity index (χ0) is 13.2. The number of hydrogen-bond acceptors (Lipinski definition) is 4. The molecule has 0 heterocycles. The van der Waals surface area contributed by atoms with Crippen LogP contribution in [-0.4, -0.2) is 16.8 Å². The Labute approximate surface area is 121 Å². The first kappa shape index (κ1) is 17.2. The lowest BCUT2D eigenvalue weighted by Crippen LogP contribution is -2.32. The number of aliphatic hydroxyl groups is 1. The second kappa shape index (κ2) is 6.39. The number of aromatic hydroxyl groups is 1. The van der Waals surface area contributed by atoms with Gasteiger partial charge in [0, 0.05) is 28.1 Å². The molecule has 0 spiro atoms. The Morgan fingerprint density at radius 2 is 2.06 bits per heavy atom. The van der Waals surface area contributed by atoms with Crippen molar-refractivity contribution in [1.82, 2.24) is 0 Å². The van der Waals surface area contributed by atoms with Crippen molar-refractivity contribution in [3.63, 3.8) is 0 Å². The van der Waals surface area contributed by atoms with Gasteiger partial charge in [-0.05, 0) is 12.1 Å². The van der Waals surface area contributed by atoms with Crippen LogP contribution in [-0.2, 0) is 0 Å². The molecule has 4 N–H and O–H groups in total. The monoisotopic (exact) mass is 334 g/mol.